The highest BCUT2D eigenvalue weighted by Gasteiger charge is 2.20. The van der Waals surface area contributed by atoms with Crippen molar-refractivity contribution < 1.29 is 23.8 Å². The van der Waals surface area contributed by atoms with Gasteiger partial charge < -0.3 is 14.2 Å². The van der Waals surface area contributed by atoms with E-state index in [1.807, 2.05) is 12.1 Å². The molecule has 0 aromatic heterocycles. The van der Waals surface area contributed by atoms with Gasteiger partial charge in [0.1, 0.15) is 18.1 Å². The minimum atomic E-state index is -0.379. The Kier molecular flexibility index (Phi) is 4.28. The highest BCUT2D eigenvalue weighted by molar-refractivity contribution is 5.89. The molecule has 0 saturated carbocycles. The van der Waals surface area contributed by atoms with Gasteiger partial charge in [-0.05, 0) is 36.2 Å². The number of fused-ring (bicyclic) bond motifs is 1. The molecule has 118 valence electrons. The molecule has 2 aromatic rings. The molecule has 2 aromatic carbocycles. The average molecular weight is 312 g/mol. The summed E-state index contributed by atoms with van der Waals surface area (Å²) in [5, 5.41) is 0. The molecular formula is C18H16O5. The van der Waals surface area contributed by atoms with Crippen LogP contribution in [0.25, 0.3) is 0 Å². The molecule has 0 atom stereocenters. The molecule has 5 heteroatoms. The fraction of sp³-hybridized carbons (Fsp3) is 0.222. The van der Waals surface area contributed by atoms with Gasteiger partial charge in [-0.2, -0.15) is 0 Å². The Hall–Kier alpha value is -2.82. The molecule has 1 heterocycles. The average Bonchev–Trinajstić information content (AvgIpc) is 2.59. The molecule has 1 aliphatic rings. The highest BCUT2D eigenvalue weighted by Crippen LogP contribution is 2.33. The van der Waals surface area contributed by atoms with Crippen molar-refractivity contribution in [1.82, 2.24) is 0 Å². The number of methoxy groups -OCH3 is 1. The van der Waals surface area contributed by atoms with Gasteiger partial charge in [-0.3, -0.25) is 4.79 Å². The molecule has 0 fully saturated rings. The Bertz CT molecular complexity index is 751. The lowest BCUT2D eigenvalue weighted by Gasteiger charge is -2.19. The number of rotatable bonds is 4. The first-order chi connectivity index (χ1) is 11.2. The van der Waals surface area contributed by atoms with Crippen LogP contribution in [0.1, 0.15) is 27.9 Å². The topological polar surface area (TPSA) is 61.8 Å². The number of hydrogen-bond acceptors (Lipinski definition) is 5. The maximum atomic E-state index is 11.6. The van der Waals surface area contributed by atoms with Crippen LogP contribution in [0.15, 0.2) is 42.5 Å². The molecule has 5 nitrogen and oxygen atoms in total. The molecular weight excluding hydrogens is 296 g/mol. The van der Waals surface area contributed by atoms with E-state index < -0.39 is 0 Å². The Morgan fingerprint density at radius 3 is 2.83 bits per heavy atom. The second-order valence-corrected chi connectivity index (χ2v) is 5.19. The van der Waals surface area contributed by atoms with Crippen molar-refractivity contribution in [2.75, 3.05) is 7.11 Å². The van der Waals surface area contributed by atoms with E-state index in [0.29, 0.717) is 36.5 Å². The lowest BCUT2D eigenvalue weighted by Crippen LogP contribution is -2.16. The number of carbonyl (C=O) groups is 2. The zero-order valence-electron chi connectivity index (χ0n) is 12.7. The summed E-state index contributed by atoms with van der Waals surface area (Å²) < 4.78 is 15.8. The number of benzene rings is 2. The number of carbonyl (C=O) groups excluding carboxylic acids is 2. The summed E-state index contributed by atoms with van der Waals surface area (Å²) in [6.45, 7) is 0.315. The third-order valence-corrected chi connectivity index (χ3v) is 3.64. The minimum Gasteiger partial charge on any atom is -0.488 e. The molecule has 3 rings (SSSR count). The SMILES string of the molecule is COC(=O)c1cccc(COc2cccc3c2CCC(=O)O3)c1. The summed E-state index contributed by atoms with van der Waals surface area (Å²) >= 11 is 0. The highest BCUT2D eigenvalue weighted by atomic mass is 16.5. The van der Waals surface area contributed by atoms with Crippen LogP contribution < -0.4 is 9.47 Å². The van der Waals surface area contributed by atoms with E-state index in [1.54, 1.807) is 30.3 Å². The Labute approximate surface area is 133 Å². The van der Waals surface area contributed by atoms with Crippen LogP contribution >= 0.6 is 0 Å². The maximum Gasteiger partial charge on any atom is 0.337 e. The normalized spacial score (nSPS) is 13.0. The molecule has 0 saturated heterocycles. The third-order valence-electron chi connectivity index (χ3n) is 3.64. The van der Waals surface area contributed by atoms with Crippen LogP contribution in [0, 0.1) is 0 Å². The third kappa shape index (κ3) is 3.34. The molecule has 0 radical (unpaired) electrons. The molecule has 1 aliphatic heterocycles. The summed E-state index contributed by atoms with van der Waals surface area (Å²) in [6.07, 6.45) is 0.956. The van der Waals surface area contributed by atoms with Crippen molar-refractivity contribution in [2.24, 2.45) is 0 Å². The largest absolute Gasteiger partial charge is 0.488 e. The number of ether oxygens (including phenoxy) is 3. The van der Waals surface area contributed by atoms with Crippen LogP contribution in [0.5, 0.6) is 11.5 Å². The Morgan fingerprint density at radius 2 is 2.00 bits per heavy atom. The van der Waals surface area contributed by atoms with Crippen molar-refractivity contribution in [3.05, 3.63) is 59.2 Å². The number of esters is 2. The predicted octanol–water partition coefficient (Wildman–Crippen LogP) is 2.90. The van der Waals surface area contributed by atoms with Gasteiger partial charge in [0.05, 0.1) is 19.1 Å². The van der Waals surface area contributed by atoms with Crippen molar-refractivity contribution in [3.8, 4) is 11.5 Å². The molecule has 0 spiro atoms. The van der Waals surface area contributed by atoms with E-state index >= 15 is 0 Å². The fourth-order valence-corrected chi connectivity index (χ4v) is 2.49. The summed E-state index contributed by atoms with van der Waals surface area (Å²) in [7, 11) is 1.35. The lowest BCUT2D eigenvalue weighted by atomic mass is 10.0. The van der Waals surface area contributed by atoms with Crippen molar-refractivity contribution >= 4 is 11.9 Å². The second-order valence-electron chi connectivity index (χ2n) is 5.19. The van der Waals surface area contributed by atoms with E-state index in [2.05, 4.69) is 0 Å². The van der Waals surface area contributed by atoms with E-state index in [4.69, 9.17) is 14.2 Å². The van der Waals surface area contributed by atoms with Crippen molar-refractivity contribution in [2.45, 2.75) is 19.4 Å². The van der Waals surface area contributed by atoms with Gasteiger partial charge in [0.15, 0.2) is 0 Å². The first-order valence-corrected chi connectivity index (χ1v) is 7.30. The summed E-state index contributed by atoms with van der Waals surface area (Å²) in [5.41, 5.74) is 2.24. The molecule has 0 aliphatic carbocycles. The van der Waals surface area contributed by atoms with Crippen LogP contribution in [-0.4, -0.2) is 19.0 Å². The van der Waals surface area contributed by atoms with Gasteiger partial charge in [0.25, 0.3) is 0 Å². The zero-order chi connectivity index (χ0) is 16.2. The van der Waals surface area contributed by atoms with E-state index in [9.17, 15) is 9.59 Å². The van der Waals surface area contributed by atoms with Crippen molar-refractivity contribution in [3.63, 3.8) is 0 Å². The van der Waals surface area contributed by atoms with Crippen LogP contribution in [0.4, 0.5) is 0 Å². The first-order valence-electron chi connectivity index (χ1n) is 7.30. The molecule has 0 N–H and O–H groups in total. The van der Waals surface area contributed by atoms with E-state index in [0.717, 1.165) is 11.1 Å². The Morgan fingerprint density at radius 1 is 1.17 bits per heavy atom. The van der Waals surface area contributed by atoms with Crippen LogP contribution in [-0.2, 0) is 22.6 Å². The van der Waals surface area contributed by atoms with Gasteiger partial charge in [-0.15, -0.1) is 0 Å². The van der Waals surface area contributed by atoms with Gasteiger partial charge in [0, 0.05) is 5.56 Å². The van der Waals surface area contributed by atoms with Crippen LogP contribution in [0.3, 0.4) is 0 Å². The summed E-state index contributed by atoms with van der Waals surface area (Å²) in [4.78, 5) is 22.9. The van der Waals surface area contributed by atoms with E-state index in [1.165, 1.54) is 7.11 Å². The first kappa shape index (κ1) is 15.1. The molecule has 0 unspecified atom stereocenters. The maximum absolute atomic E-state index is 11.6. The summed E-state index contributed by atoms with van der Waals surface area (Å²) in [6, 6.07) is 12.5. The Balaban J connectivity index is 1.75. The predicted molar refractivity (Wildman–Crippen MR) is 82.5 cm³/mol. The standard InChI is InChI=1S/C18H16O5/c1-21-18(20)13-5-2-4-12(10-13)11-22-15-6-3-7-16-14(15)8-9-17(19)23-16/h2-7,10H,8-9,11H2,1H3. The molecule has 0 amide bonds. The lowest BCUT2D eigenvalue weighted by molar-refractivity contribution is -0.135. The minimum absolute atomic E-state index is 0.222. The van der Waals surface area contributed by atoms with E-state index in [-0.39, 0.29) is 11.9 Å². The van der Waals surface area contributed by atoms with Gasteiger partial charge in [-0.25, -0.2) is 4.79 Å². The van der Waals surface area contributed by atoms with Gasteiger partial charge in [-0.1, -0.05) is 18.2 Å². The zero-order valence-corrected chi connectivity index (χ0v) is 12.7. The quantitative estimate of drug-likeness (QED) is 0.641. The monoisotopic (exact) mass is 312 g/mol. The number of hydrogen-bond donors (Lipinski definition) is 0. The summed E-state index contributed by atoms with van der Waals surface area (Å²) in [5.74, 6) is 0.650. The van der Waals surface area contributed by atoms with Crippen LogP contribution in [0.2, 0.25) is 0 Å². The molecule has 0 bridgehead atoms. The molecule has 23 heavy (non-hydrogen) atoms. The van der Waals surface area contributed by atoms with Crippen molar-refractivity contribution in [1.29, 1.82) is 0 Å². The van der Waals surface area contributed by atoms with Gasteiger partial charge >= 0.3 is 11.9 Å². The fourth-order valence-electron chi connectivity index (χ4n) is 2.49. The second kappa shape index (κ2) is 6.52. The smallest absolute Gasteiger partial charge is 0.337 e. The van der Waals surface area contributed by atoms with Gasteiger partial charge in [0.2, 0.25) is 0 Å².